The number of hydrogen-bond acceptors (Lipinski definition) is 5. The van der Waals surface area contributed by atoms with Crippen LogP contribution >= 0.6 is 0 Å². The van der Waals surface area contributed by atoms with E-state index in [2.05, 4.69) is 15.0 Å². The van der Waals surface area contributed by atoms with Crippen LogP contribution in [0.3, 0.4) is 0 Å². The van der Waals surface area contributed by atoms with Gasteiger partial charge in [-0.1, -0.05) is 18.2 Å². The van der Waals surface area contributed by atoms with Crippen molar-refractivity contribution in [3.05, 3.63) is 45.7 Å². The second kappa shape index (κ2) is 6.03. The highest BCUT2D eigenvalue weighted by atomic mass is 19.3. The molecule has 0 unspecified atom stereocenters. The summed E-state index contributed by atoms with van der Waals surface area (Å²) in [4.78, 5) is 24.3. The molecular weight excluding hydrogens is 316 g/mol. The number of nitrogen functional groups attached to an aromatic ring is 1. The summed E-state index contributed by atoms with van der Waals surface area (Å²) < 4.78 is 26.6. The van der Waals surface area contributed by atoms with E-state index in [1.54, 1.807) is 0 Å². The molecule has 1 saturated heterocycles. The van der Waals surface area contributed by atoms with Crippen LogP contribution in [0.5, 0.6) is 0 Å². The maximum absolute atomic E-state index is 13.3. The Morgan fingerprint density at radius 2 is 2.17 bits per heavy atom. The second-order valence-corrected chi connectivity index (χ2v) is 5.76. The molecule has 0 saturated carbocycles. The minimum absolute atomic E-state index is 0.0405. The number of nitrogens with one attached hydrogen (secondary N) is 1. The van der Waals surface area contributed by atoms with Crippen molar-refractivity contribution in [3.63, 3.8) is 0 Å². The molecule has 2 aromatic rings. The van der Waals surface area contributed by atoms with Crippen molar-refractivity contribution in [1.82, 2.24) is 9.97 Å². The number of para-hydroxylation sites is 1. The molecule has 0 spiro atoms. The van der Waals surface area contributed by atoms with Crippen LogP contribution in [-0.2, 0) is 0 Å². The number of rotatable bonds is 3. The van der Waals surface area contributed by atoms with Gasteiger partial charge in [0.2, 0.25) is 5.95 Å². The van der Waals surface area contributed by atoms with Gasteiger partial charge >= 0.3 is 0 Å². The lowest BCUT2D eigenvalue weighted by molar-refractivity contribution is 0.0256. The average molecular weight is 333 g/mol. The standard InChI is InChI=1S/C16H17F2N5O/c1-10-4-2-3-5-12(10)20-8-11-13(19)21-15(22-14(11)24)23-7-6-16(17,18)9-23/h2-5,8H,6-7,9H2,1H3,(H3,19,21,22,24). The predicted octanol–water partition coefficient (Wildman–Crippen LogP) is 2.26. The molecule has 0 amide bonds. The summed E-state index contributed by atoms with van der Waals surface area (Å²) in [7, 11) is 0. The number of aliphatic imine (C=N–C) groups is 1. The molecule has 1 aliphatic heterocycles. The Morgan fingerprint density at radius 3 is 2.79 bits per heavy atom. The maximum Gasteiger partial charge on any atom is 0.267 e. The summed E-state index contributed by atoms with van der Waals surface area (Å²) in [6.45, 7) is 1.53. The van der Waals surface area contributed by atoms with Gasteiger partial charge in [0.05, 0.1) is 12.2 Å². The molecule has 1 aromatic carbocycles. The molecule has 0 aliphatic carbocycles. The summed E-state index contributed by atoms with van der Waals surface area (Å²) in [6.07, 6.45) is 1.07. The molecule has 0 bridgehead atoms. The first-order chi connectivity index (χ1) is 11.4. The molecule has 6 nitrogen and oxygen atoms in total. The van der Waals surface area contributed by atoms with Crippen molar-refractivity contribution in [2.75, 3.05) is 23.7 Å². The number of anilines is 2. The number of H-pyrrole nitrogens is 1. The lowest BCUT2D eigenvalue weighted by atomic mass is 10.2. The molecule has 3 rings (SSSR count). The van der Waals surface area contributed by atoms with Gasteiger partial charge < -0.3 is 10.6 Å². The van der Waals surface area contributed by atoms with Gasteiger partial charge in [0.15, 0.2) is 0 Å². The summed E-state index contributed by atoms with van der Waals surface area (Å²) in [6, 6.07) is 7.43. The smallest absolute Gasteiger partial charge is 0.267 e. The van der Waals surface area contributed by atoms with Gasteiger partial charge in [-0.2, -0.15) is 4.98 Å². The van der Waals surface area contributed by atoms with Gasteiger partial charge in [0, 0.05) is 19.2 Å². The fourth-order valence-corrected chi connectivity index (χ4v) is 2.52. The molecule has 3 N–H and O–H groups in total. The Balaban J connectivity index is 1.89. The molecular formula is C16H17F2N5O. The average Bonchev–Trinajstić information content (AvgIpc) is 2.88. The van der Waals surface area contributed by atoms with Crippen LogP contribution in [0.2, 0.25) is 0 Å². The lowest BCUT2D eigenvalue weighted by Gasteiger charge is -2.16. The van der Waals surface area contributed by atoms with E-state index in [4.69, 9.17) is 5.73 Å². The van der Waals surface area contributed by atoms with Crippen LogP contribution in [-0.4, -0.2) is 35.2 Å². The van der Waals surface area contributed by atoms with E-state index in [1.807, 2.05) is 31.2 Å². The fourth-order valence-electron chi connectivity index (χ4n) is 2.52. The topological polar surface area (TPSA) is 87.4 Å². The van der Waals surface area contributed by atoms with E-state index in [9.17, 15) is 13.6 Å². The van der Waals surface area contributed by atoms with E-state index in [1.165, 1.54) is 11.1 Å². The lowest BCUT2D eigenvalue weighted by Crippen LogP contribution is -2.29. The van der Waals surface area contributed by atoms with Crippen molar-refractivity contribution in [1.29, 1.82) is 0 Å². The zero-order valence-corrected chi connectivity index (χ0v) is 13.1. The number of halogens is 2. The Labute approximate surface area is 137 Å². The summed E-state index contributed by atoms with van der Waals surface area (Å²) >= 11 is 0. The van der Waals surface area contributed by atoms with Gasteiger partial charge in [0.1, 0.15) is 11.4 Å². The zero-order chi connectivity index (χ0) is 17.3. The third-order valence-electron chi connectivity index (χ3n) is 3.89. The molecule has 0 atom stereocenters. The Bertz CT molecular complexity index is 847. The molecule has 1 aliphatic rings. The summed E-state index contributed by atoms with van der Waals surface area (Å²) in [5.41, 5.74) is 7.08. The Morgan fingerprint density at radius 1 is 1.42 bits per heavy atom. The number of hydrogen-bond donors (Lipinski definition) is 2. The van der Waals surface area contributed by atoms with Crippen molar-refractivity contribution in [2.24, 2.45) is 4.99 Å². The molecule has 1 fully saturated rings. The summed E-state index contributed by atoms with van der Waals surface area (Å²) in [5, 5.41) is 0. The van der Waals surface area contributed by atoms with Gasteiger partial charge in [-0.15, -0.1) is 0 Å². The quantitative estimate of drug-likeness (QED) is 0.844. The minimum Gasteiger partial charge on any atom is -0.383 e. The normalized spacial score (nSPS) is 16.9. The number of nitrogens with zero attached hydrogens (tertiary/aromatic N) is 3. The number of alkyl halides is 2. The SMILES string of the molecule is Cc1ccccc1N=Cc1c(N)nc(N2CCC(F)(F)C2)[nH]c1=O. The first-order valence-corrected chi connectivity index (χ1v) is 7.48. The second-order valence-electron chi connectivity index (χ2n) is 5.76. The van der Waals surface area contributed by atoms with Gasteiger partial charge in [-0.05, 0) is 18.6 Å². The van der Waals surface area contributed by atoms with Crippen molar-refractivity contribution < 1.29 is 8.78 Å². The Kier molecular flexibility index (Phi) is 4.04. The molecule has 2 heterocycles. The monoisotopic (exact) mass is 333 g/mol. The number of aromatic amines is 1. The highest BCUT2D eigenvalue weighted by Crippen LogP contribution is 2.29. The molecule has 126 valence electrons. The molecule has 24 heavy (non-hydrogen) atoms. The van der Waals surface area contributed by atoms with E-state index >= 15 is 0 Å². The first kappa shape index (κ1) is 16.1. The van der Waals surface area contributed by atoms with E-state index in [-0.39, 0.29) is 30.3 Å². The van der Waals surface area contributed by atoms with Gasteiger partial charge in [-0.3, -0.25) is 14.8 Å². The Hall–Kier alpha value is -2.77. The van der Waals surface area contributed by atoms with Crippen LogP contribution in [0.1, 0.15) is 17.5 Å². The fraction of sp³-hybridized carbons (Fsp3) is 0.312. The van der Waals surface area contributed by atoms with Crippen molar-refractivity contribution >= 4 is 23.7 Å². The molecule has 8 heteroatoms. The highest BCUT2D eigenvalue weighted by Gasteiger charge is 2.39. The van der Waals surface area contributed by atoms with E-state index < -0.39 is 18.0 Å². The van der Waals surface area contributed by atoms with Crippen LogP contribution in [0.15, 0.2) is 34.1 Å². The van der Waals surface area contributed by atoms with Crippen LogP contribution in [0, 0.1) is 6.92 Å². The largest absolute Gasteiger partial charge is 0.383 e. The predicted molar refractivity (Wildman–Crippen MR) is 89.5 cm³/mol. The molecule has 1 aromatic heterocycles. The van der Waals surface area contributed by atoms with Gasteiger partial charge in [0.25, 0.3) is 11.5 Å². The maximum atomic E-state index is 13.3. The van der Waals surface area contributed by atoms with Crippen LogP contribution < -0.4 is 16.2 Å². The number of aromatic nitrogens is 2. The third-order valence-corrected chi connectivity index (χ3v) is 3.89. The van der Waals surface area contributed by atoms with Crippen molar-refractivity contribution in [3.8, 4) is 0 Å². The number of benzene rings is 1. The van der Waals surface area contributed by atoms with Crippen LogP contribution in [0.25, 0.3) is 0 Å². The highest BCUT2D eigenvalue weighted by molar-refractivity contribution is 5.87. The number of nitrogens with two attached hydrogens (primary N) is 1. The third kappa shape index (κ3) is 3.27. The van der Waals surface area contributed by atoms with Crippen molar-refractivity contribution in [2.45, 2.75) is 19.3 Å². The molecule has 0 radical (unpaired) electrons. The first-order valence-electron chi connectivity index (χ1n) is 7.48. The van der Waals surface area contributed by atoms with E-state index in [0.717, 1.165) is 5.56 Å². The van der Waals surface area contributed by atoms with Gasteiger partial charge in [-0.25, -0.2) is 8.78 Å². The summed E-state index contributed by atoms with van der Waals surface area (Å²) in [5.74, 6) is -2.76. The zero-order valence-electron chi connectivity index (χ0n) is 13.1. The van der Waals surface area contributed by atoms with Crippen LogP contribution in [0.4, 0.5) is 26.2 Å². The van der Waals surface area contributed by atoms with E-state index in [0.29, 0.717) is 5.69 Å². The number of aryl methyl sites for hydroxylation is 1. The minimum atomic E-state index is -2.78.